The minimum Gasteiger partial charge on any atom is -0.383 e. The summed E-state index contributed by atoms with van der Waals surface area (Å²) in [6, 6.07) is 0.432. The van der Waals surface area contributed by atoms with Crippen LogP contribution in [0.15, 0.2) is 6.20 Å². The fourth-order valence-corrected chi connectivity index (χ4v) is 6.48. The molecule has 2 aliphatic heterocycles. The number of nitrogens with one attached hydrogen (secondary N) is 2. The van der Waals surface area contributed by atoms with E-state index >= 15 is 0 Å². The van der Waals surface area contributed by atoms with Gasteiger partial charge in [0.1, 0.15) is 0 Å². The fourth-order valence-electron chi connectivity index (χ4n) is 6.48. The molecule has 0 bridgehead atoms. The topological polar surface area (TPSA) is 131 Å². The van der Waals surface area contributed by atoms with Crippen molar-refractivity contribution in [3.8, 4) is 0 Å². The molecule has 4 N–H and O–H groups in total. The number of pyridine rings is 1. The van der Waals surface area contributed by atoms with Crippen molar-refractivity contribution < 1.29 is 14.3 Å². The first-order valence-corrected chi connectivity index (χ1v) is 16.1. The molecule has 0 aromatic carbocycles. The number of nitrogens with zero attached hydrogens (tertiary/aromatic N) is 5. The van der Waals surface area contributed by atoms with Crippen molar-refractivity contribution in [1.82, 2.24) is 29.9 Å². The summed E-state index contributed by atoms with van der Waals surface area (Å²) >= 11 is 0. The van der Waals surface area contributed by atoms with Gasteiger partial charge < -0.3 is 26.0 Å². The molecule has 11 nitrogen and oxygen atoms in total. The average Bonchev–Trinajstić information content (AvgIpc) is 3.62. The van der Waals surface area contributed by atoms with E-state index < -0.39 is 0 Å². The molecule has 0 aliphatic carbocycles. The smallest absolute Gasteiger partial charge is 0.314 e. The quantitative estimate of drug-likeness (QED) is 0.254. The van der Waals surface area contributed by atoms with Crippen molar-refractivity contribution in [2.24, 2.45) is 5.73 Å². The first-order valence-electron chi connectivity index (χ1n) is 16.1. The molecule has 2 saturated heterocycles. The molecule has 0 spiro atoms. The van der Waals surface area contributed by atoms with Crippen LogP contribution in [0, 0.1) is 0 Å². The van der Waals surface area contributed by atoms with Gasteiger partial charge in [0.2, 0.25) is 5.91 Å². The minimum absolute atomic E-state index is 0.0848. The van der Waals surface area contributed by atoms with Crippen molar-refractivity contribution in [1.29, 1.82) is 0 Å². The van der Waals surface area contributed by atoms with Gasteiger partial charge in [-0.05, 0) is 65.0 Å². The number of carbonyl (C=O) groups excluding carboxylic acids is 2. The predicted octanol–water partition coefficient (Wildman–Crippen LogP) is 4.04. The van der Waals surface area contributed by atoms with Crippen LogP contribution in [0.2, 0.25) is 0 Å². The Morgan fingerprint density at radius 2 is 1.83 bits per heavy atom. The highest BCUT2D eigenvalue weighted by Crippen LogP contribution is 2.31. The van der Waals surface area contributed by atoms with E-state index in [1.165, 1.54) is 38.6 Å². The largest absolute Gasteiger partial charge is 0.383 e. The lowest BCUT2D eigenvalue weighted by atomic mass is 10.0. The molecular weight excluding hydrogens is 532 g/mol. The number of piperidine rings is 1. The van der Waals surface area contributed by atoms with Crippen LogP contribution in [0.3, 0.4) is 0 Å². The van der Waals surface area contributed by atoms with Crippen LogP contribution >= 0.6 is 0 Å². The Hall–Kier alpha value is -2.92. The number of aryl methyl sites for hydroxylation is 2. The number of anilines is 1. The number of unbranched alkanes of at least 4 members (excludes halogenated alkanes) is 4. The fraction of sp³-hybridized carbons (Fsp3) is 0.742. The second-order valence-corrected chi connectivity index (χ2v) is 11.8. The van der Waals surface area contributed by atoms with Gasteiger partial charge in [-0.1, -0.05) is 26.2 Å². The van der Waals surface area contributed by atoms with Gasteiger partial charge in [-0.15, -0.1) is 0 Å². The van der Waals surface area contributed by atoms with E-state index in [-0.39, 0.29) is 18.0 Å². The van der Waals surface area contributed by atoms with Gasteiger partial charge in [0, 0.05) is 63.1 Å². The first-order chi connectivity index (χ1) is 20.4. The number of rotatable bonds is 16. The third-order valence-corrected chi connectivity index (χ3v) is 8.93. The minimum atomic E-state index is -0.362. The van der Waals surface area contributed by atoms with Crippen molar-refractivity contribution in [2.75, 3.05) is 45.2 Å². The molecule has 42 heavy (non-hydrogen) atoms. The van der Waals surface area contributed by atoms with Crippen LogP contribution in [0.25, 0.3) is 11.0 Å². The summed E-state index contributed by atoms with van der Waals surface area (Å²) in [5.41, 5.74) is 9.35. The Bertz CT molecular complexity index is 1160. The van der Waals surface area contributed by atoms with Crippen LogP contribution in [-0.2, 0) is 29.0 Å². The maximum absolute atomic E-state index is 12.9. The second-order valence-electron chi connectivity index (χ2n) is 11.8. The number of ether oxygens (including phenoxy) is 1. The molecule has 3 amide bonds. The van der Waals surface area contributed by atoms with E-state index in [1.54, 1.807) is 12.0 Å². The predicted molar refractivity (Wildman–Crippen MR) is 166 cm³/mol. The summed E-state index contributed by atoms with van der Waals surface area (Å²) < 4.78 is 7.29. The van der Waals surface area contributed by atoms with Crippen molar-refractivity contribution in [2.45, 2.75) is 110 Å². The molecule has 1 atom stereocenters. The summed E-state index contributed by atoms with van der Waals surface area (Å²) in [4.78, 5) is 33.7. The van der Waals surface area contributed by atoms with E-state index in [0.29, 0.717) is 32.1 Å². The van der Waals surface area contributed by atoms with Gasteiger partial charge in [0.15, 0.2) is 5.65 Å². The molecule has 2 aromatic heterocycles. The zero-order valence-electron chi connectivity index (χ0n) is 26.0. The van der Waals surface area contributed by atoms with E-state index in [9.17, 15) is 9.59 Å². The van der Waals surface area contributed by atoms with E-state index in [2.05, 4.69) is 34.5 Å². The Kier molecular flexibility index (Phi) is 12.2. The SMILES string of the molecule is CCc1nc2c(cnn2CC)c(NC2CCN(C(N)=O)CC2)c1CNC(=O)CCCCCCCN1CCC[C@@H]1COC. The molecule has 2 aliphatic rings. The lowest BCUT2D eigenvalue weighted by molar-refractivity contribution is -0.121. The van der Waals surface area contributed by atoms with Crippen LogP contribution < -0.4 is 16.4 Å². The monoisotopic (exact) mass is 584 g/mol. The van der Waals surface area contributed by atoms with E-state index in [0.717, 1.165) is 79.8 Å². The van der Waals surface area contributed by atoms with Crippen LogP contribution in [0.5, 0.6) is 0 Å². The van der Waals surface area contributed by atoms with Gasteiger partial charge in [-0.2, -0.15) is 5.10 Å². The molecular formula is C31H52N8O3. The summed E-state index contributed by atoms with van der Waals surface area (Å²) in [6.45, 7) is 9.79. The lowest BCUT2D eigenvalue weighted by Gasteiger charge is -2.32. The molecule has 0 unspecified atom stereocenters. The number of fused-ring (bicyclic) bond motifs is 1. The standard InChI is InChI=1S/C31H52N8O3/c1-4-27-25(20-33-28(40)13-9-7-6-8-10-16-37-17-11-12-24(37)22-42-3)29(26-21-34-39(5-2)30(26)36-27)35-23-14-18-38(19-15-23)31(32)41/h21,23-24H,4-20,22H2,1-3H3,(H2,32,41)(H,33,40)(H,35,36)/t24-/m1/s1. The average molecular weight is 585 g/mol. The van der Waals surface area contributed by atoms with Gasteiger partial charge >= 0.3 is 6.03 Å². The number of amides is 3. The normalized spacial score (nSPS) is 18.2. The second kappa shape index (κ2) is 16.1. The molecule has 4 rings (SSSR count). The maximum atomic E-state index is 12.9. The van der Waals surface area contributed by atoms with Gasteiger partial charge in [-0.25, -0.2) is 14.5 Å². The highest BCUT2D eigenvalue weighted by Gasteiger charge is 2.25. The summed E-state index contributed by atoms with van der Waals surface area (Å²) in [6.07, 6.45) is 12.9. The third-order valence-electron chi connectivity index (χ3n) is 8.93. The number of methoxy groups -OCH3 is 1. The number of hydrogen-bond donors (Lipinski definition) is 3. The number of primary amides is 1. The highest BCUT2D eigenvalue weighted by molar-refractivity contribution is 5.92. The lowest BCUT2D eigenvalue weighted by Crippen LogP contribution is -2.44. The van der Waals surface area contributed by atoms with E-state index in [1.807, 2.05) is 10.9 Å². The summed E-state index contributed by atoms with van der Waals surface area (Å²) in [5, 5.41) is 12.5. The molecule has 2 fully saturated rings. The summed E-state index contributed by atoms with van der Waals surface area (Å²) in [5.74, 6) is 0.0848. The number of hydrogen-bond acceptors (Lipinski definition) is 7. The van der Waals surface area contributed by atoms with Crippen molar-refractivity contribution >= 4 is 28.7 Å². The molecule has 11 heteroatoms. The number of urea groups is 1. The van der Waals surface area contributed by atoms with Crippen molar-refractivity contribution in [3.05, 3.63) is 17.5 Å². The first kappa shape index (κ1) is 32.0. The number of aromatic nitrogens is 3. The molecule has 0 radical (unpaired) electrons. The number of likely N-dealkylation sites (tertiary alicyclic amines) is 2. The molecule has 4 heterocycles. The van der Waals surface area contributed by atoms with Crippen LogP contribution in [0.4, 0.5) is 10.5 Å². The zero-order chi connectivity index (χ0) is 29.9. The maximum Gasteiger partial charge on any atom is 0.314 e. The van der Waals surface area contributed by atoms with Gasteiger partial charge in [0.05, 0.1) is 23.9 Å². The molecule has 234 valence electrons. The van der Waals surface area contributed by atoms with Gasteiger partial charge in [-0.3, -0.25) is 9.69 Å². The molecule has 0 saturated carbocycles. The van der Waals surface area contributed by atoms with E-state index in [4.69, 9.17) is 15.5 Å². The highest BCUT2D eigenvalue weighted by atomic mass is 16.5. The Morgan fingerprint density at radius 1 is 1.07 bits per heavy atom. The van der Waals surface area contributed by atoms with Crippen molar-refractivity contribution in [3.63, 3.8) is 0 Å². The Balaban J connectivity index is 1.28. The third kappa shape index (κ3) is 8.34. The van der Waals surface area contributed by atoms with Gasteiger partial charge in [0.25, 0.3) is 0 Å². The molecule has 2 aromatic rings. The van der Waals surface area contributed by atoms with Crippen LogP contribution in [-0.4, -0.2) is 88.5 Å². The van der Waals surface area contributed by atoms with Crippen LogP contribution in [0.1, 0.15) is 89.3 Å². The Labute approximate surface area is 250 Å². The zero-order valence-corrected chi connectivity index (χ0v) is 26.0. The number of carbonyl (C=O) groups is 2. The Morgan fingerprint density at radius 3 is 2.55 bits per heavy atom. The summed E-state index contributed by atoms with van der Waals surface area (Å²) in [7, 11) is 1.79. The number of nitrogens with two attached hydrogens (primary N) is 1.